The maximum atomic E-state index is 12.4. The molecule has 0 aromatic heterocycles. The summed E-state index contributed by atoms with van der Waals surface area (Å²) in [6.07, 6.45) is -6.69. The summed E-state index contributed by atoms with van der Waals surface area (Å²) in [6, 6.07) is -1.45. The minimum atomic E-state index is -4.56. The van der Waals surface area contributed by atoms with Crippen LogP contribution in [0.5, 0.6) is 0 Å². The molecular weight excluding hydrogens is 199 g/mol. The van der Waals surface area contributed by atoms with Crippen molar-refractivity contribution in [3.05, 3.63) is 0 Å². The van der Waals surface area contributed by atoms with E-state index in [0.717, 1.165) is 0 Å². The average molecular weight is 215 g/mol. The quantitative estimate of drug-likeness (QED) is 0.740. The first-order valence-corrected chi connectivity index (χ1v) is 4.19. The molecule has 0 unspecified atom stereocenters. The highest BCUT2D eigenvalue weighted by Crippen LogP contribution is 2.28. The fourth-order valence-electron chi connectivity index (χ4n) is 0.874. The minimum Gasteiger partial charge on any atom is -0.395 e. The van der Waals surface area contributed by atoms with Gasteiger partial charge in [0.2, 0.25) is 0 Å². The summed E-state index contributed by atoms with van der Waals surface area (Å²) in [5.74, 6) is 0. The maximum Gasteiger partial charge on any atom is 0.416 e. The van der Waals surface area contributed by atoms with Crippen LogP contribution in [0.15, 0.2) is 0 Å². The van der Waals surface area contributed by atoms with E-state index in [2.05, 4.69) is 0 Å². The summed E-state index contributed by atoms with van der Waals surface area (Å²) in [6.45, 7) is 3.72. The van der Waals surface area contributed by atoms with Crippen molar-refractivity contribution in [2.24, 2.45) is 5.73 Å². The molecule has 0 heterocycles. The van der Waals surface area contributed by atoms with Crippen LogP contribution < -0.4 is 5.73 Å². The van der Waals surface area contributed by atoms with Crippen LogP contribution in [0, 0.1) is 0 Å². The molecule has 0 aromatic carbocycles. The first-order chi connectivity index (χ1) is 6.08. The highest BCUT2D eigenvalue weighted by atomic mass is 19.4. The van der Waals surface area contributed by atoms with Crippen molar-refractivity contribution in [3.8, 4) is 0 Å². The van der Waals surface area contributed by atoms with Gasteiger partial charge < -0.3 is 15.6 Å². The van der Waals surface area contributed by atoms with Crippen molar-refractivity contribution in [2.45, 2.75) is 44.7 Å². The van der Waals surface area contributed by atoms with Gasteiger partial charge in [-0.1, -0.05) is 0 Å². The van der Waals surface area contributed by atoms with Crippen LogP contribution in [0.25, 0.3) is 0 Å². The Hall–Kier alpha value is -0.330. The van der Waals surface area contributed by atoms with Gasteiger partial charge in [-0.15, -0.1) is 0 Å². The van der Waals surface area contributed by atoms with Gasteiger partial charge in [-0.25, -0.2) is 0 Å². The Morgan fingerprint density at radius 3 is 1.93 bits per heavy atom. The second-order valence-corrected chi connectivity index (χ2v) is 4.04. The molecule has 0 aromatic rings. The number of hydrogen-bond acceptors (Lipinski definition) is 3. The summed E-state index contributed by atoms with van der Waals surface area (Å²) in [7, 11) is 0. The minimum absolute atomic E-state index is 0.764. The van der Waals surface area contributed by atoms with Gasteiger partial charge in [-0.2, -0.15) is 13.2 Å². The average Bonchev–Trinajstić information content (AvgIpc) is 1.95. The third-order valence-electron chi connectivity index (χ3n) is 1.40. The van der Waals surface area contributed by atoms with E-state index in [1.807, 2.05) is 0 Å². The van der Waals surface area contributed by atoms with Crippen molar-refractivity contribution >= 4 is 0 Å². The van der Waals surface area contributed by atoms with Crippen LogP contribution >= 0.6 is 0 Å². The number of aliphatic hydroxyl groups is 1. The van der Waals surface area contributed by atoms with E-state index in [4.69, 9.17) is 15.6 Å². The van der Waals surface area contributed by atoms with E-state index in [-0.39, 0.29) is 0 Å². The molecule has 0 saturated carbocycles. The normalized spacial score (nSPS) is 18.0. The lowest BCUT2D eigenvalue weighted by Crippen LogP contribution is -2.51. The highest BCUT2D eigenvalue weighted by Gasteiger charge is 2.46. The van der Waals surface area contributed by atoms with E-state index in [1.165, 1.54) is 20.8 Å². The van der Waals surface area contributed by atoms with Crippen LogP contribution in [0.4, 0.5) is 13.2 Å². The second kappa shape index (κ2) is 4.46. The lowest BCUT2D eigenvalue weighted by atomic mass is 10.1. The standard InChI is InChI=1S/C8H16F3NO2/c1-7(2,3)14-6(5(12)4-13)8(9,10)11/h5-6,13H,4,12H2,1-3H3/t5-,6-/m0/s1. The van der Waals surface area contributed by atoms with E-state index in [9.17, 15) is 13.2 Å². The van der Waals surface area contributed by atoms with Crippen LogP contribution in [0.3, 0.4) is 0 Å². The molecule has 0 aliphatic rings. The fraction of sp³-hybridized carbons (Fsp3) is 1.00. The lowest BCUT2D eigenvalue weighted by molar-refractivity contribution is -0.253. The molecule has 0 aliphatic heterocycles. The van der Waals surface area contributed by atoms with Gasteiger partial charge in [0, 0.05) is 0 Å². The summed E-state index contributed by atoms with van der Waals surface area (Å²) >= 11 is 0. The molecule has 14 heavy (non-hydrogen) atoms. The predicted octanol–water partition coefficient (Wildman–Crippen LogP) is 1.05. The molecule has 0 fully saturated rings. The molecule has 0 rings (SSSR count). The molecule has 0 aliphatic carbocycles. The molecule has 3 nitrogen and oxygen atoms in total. The summed E-state index contributed by atoms with van der Waals surface area (Å²) in [5, 5.41) is 8.56. The Kier molecular flexibility index (Phi) is 4.35. The van der Waals surface area contributed by atoms with Crippen molar-refractivity contribution in [1.29, 1.82) is 0 Å². The number of hydrogen-bond donors (Lipinski definition) is 2. The van der Waals surface area contributed by atoms with Crippen molar-refractivity contribution in [2.75, 3.05) is 6.61 Å². The maximum absolute atomic E-state index is 12.4. The Balaban J connectivity index is 4.58. The molecule has 0 radical (unpaired) electrons. The van der Waals surface area contributed by atoms with Crippen molar-refractivity contribution in [3.63, 3.8) is 0 Å². The number of ether oxygens (including phenoxy) is 1. The van der Waals surface area contributed by atoms with E-state index < -0.39 is 30.5 Å². The van der Waals surface area contributed by atoms with Crippen LogP contribution in [-0.4, -0.2) is 35.6 Å². The van der Waals surface area contributed by atoms with Gasteiger partial charge in [0.25, 0.3) is 0 Å². The molecular formula is C8H16F3NO2. The Labute approximate surface area is 81.0 Å². The van der Waals surface area contributed by atoms with Crippen LogP contribution in [0.2, 0.25) is 0 Å². The number of nitrogens with two attached hydrogens (primary N) is 1. The Morgan fingerprint density at radius 1 is 1.29 bits per heavy atom. The van der Waals surface area contributed by atoms with Gasteiger partial charge >= 0.3 is 6.18 Å². The largest absolute Gasteiger partial charge is 0.416 e. The molecule has 2 atom stereocenters. The van der Waals surface area contributed by atoms with Gasteiger partial charge in [-0.05, 0) is 20.8 Å². The van der Waals surface area contributed by atoms with Crippen molar-refractivity contribution in [1.82, 2.24) is 0 Å². The number of rotatable bonds is 3. The summed E-state index contributed by atoms with van der Waals surface area (Å²) in [4.78, 5) is 0. The smallest absolute Gasteiger partial charge is 0.395 e. The molecule has 0 spiro atoms. The third-order valence-corrected chi connectivity index (χ3v) is 1.40. The van der Waals surface area contributed by atoms with E-state index in [1.54, 1.807) is 0 Å². The first-order valence-electron chi connectivity index (χ1n) is 4.19. The van der Waals surface area contributed by atoms with Crippen LogP contribution in [0.1, 0.15) is 20.8 Å². The van der Waals surface area contributed by atoms with Gasteiger partial charge in [0.15, 0.2) is 6.10 Å². The molecule has 0 amide bonds. The highest BCUT2D eigenvalue weighted by molar-refractivity contribution is 4.82. The zero-order chi connectivity index (χ0) is 11.6. The lowest BCUT2D eigenvalue weighted by Gasteiger charge is -2.31. The number of halogens is 3. The molecule has 86 valence electrons. The fourth-order valence-corrected chi connectivity index (χ4v) is 0.874. The molecule has 6 heteroatoms. The van der Waals surface area contributed by atoms with Gasteiger partial charge in [-0.3, -0.25) is 0 Å². The Bertz CT molecular complexity index is 176. The first kappa shape index (κ1) is 13.7. The SMILES string of the molecule is CC(C)(C)O[C@@H]([C@@H](N)CO)C(F)(F)F. The molecule has 0 saturated heterocycles. The Morgan fingerprint density at radius 2 is 1.71 bits per heavy atom. The number of alkyl halides is 3. The zero-order valence-electron chi connectivity index (χ0n) is 8.43. The van der Waals surface area contributed by atoms with Crippen molar-refractivity contribution < 1.29 is 23.0 Å². The zero-order valence-corrected chi connectivity index (χ0v) is 8.43. The topological polar surface area (TPSA) is 55.5 Å². The second-order valence-electron chi connectivity index (χ2n) is 4.04. The number of aliphatic hydroxyl groups excluding tert-OH is 1. The summed E-state index contributed by atoms with van der Waals surface area (Å²) in [5.41, 5.74) is 4.16. The molecule has 3 N–H and O–H groups in total. The summed E-state index contributed by atoms with van der Waals surface area (Å²) < 4.78 is 41.9. The van der Waals surface area contributed by atoms with Gasteiger partial charge in [0.05, 0.1) is 18.2 Å². The molecule has 0 bridgehead atoms. The third kappa shape index (κ3) is 4.78. The van der Waals surface area contributed by atoms with E-state index in [0.29, 0.717) is 0 Å². The van der Waals surface area contributed by atoms with Crippen LogP contribution in [-0.2, 0) is 4.74 Å². The predicted molar refractivity (Wildman–Crippen MR) is 45.7 cm³/mol. The van der Waals surface area contributed by atoms with Gasteiger partial charge in [0.1, 0.15) is 0 Å². The monoisotopic (exact) mass is 215 g/mol. The van der Waals surface area contributed by atoms with E-state index >= 15 is 0 Å².